The van der Waals surface area contributed by atoms with Gasteiger partial charge in [-0.1, -0.05) is 124 Å². The molecule has 2 aromatic carbocycles. The van der Waals surface area contributed by atoms with Crippen LogP contribution in [0.5, 0.6) is 5.88 Å². The zero-order valence-electron chi connectivity index (χ0n) is 41.0. The van der Waals surface area contributed by atoms with Crippen LogP contribution in [0.1, 0.15) is 130 Å². The first-order valence-electron chi connectivity index (χ1n) is 22.6. The lowest BCUT2D eigenvalue weighted by atomic mass is 9.95. The molecule has 0 fully saturated rings. The fraction of sp³-hybridized carbons (Fsp3) is 0.529. The van der Waals surface area contributed by atoms with Gasteiger partial charge in [0.2, 0.25) is 11.8 Å². The number of amides is 3. The van der Waals surface area contributed by atoms with E-state index in [2.05, 4.69) is 51.8 Å². The first kappa shape index (κ1) is 56.3. The van der Waals surface area contributed by atoms with E-state index >= 15 is 4.39 Å². The summed E-state index contributed by atoms with van der Waals surface area (Å²) in [7, 11) is 8.22. The molecule has 3 unspecified atom stereocenters. The van der Waals surface area contributed by atoms with Crippen molar-refractivity contribution in [3.63, 3.8) is 0 Å². The van der Waals surface area contributed by atoms with Crippen molar-refractivity contribution in [1.82, 2.24) is 20.1 Å². The van der Waals surface area contributed by atoms with Crippen LogP contribution in [0.4, 0.5) is 10.1 Å². The Balaban J connectivity index is 0.000000710. The number of hydrogen-bond donors (Lipinski definition) is 2. The molecule has 1 aliphatic carbocycles. The van der Waals surface area contributed by atoms with Crippen molar-refractivity contribution in [2.45, 2.75) is 127 Å². The van der Waals surface area contributed by atoms with Crippen molar-refractivity contribution in [2.24, 2.45) is 11.8 Å². The van der Waals surface area contributed by atoms with E-state index in [1.54, 1.807) is 59.3 Å². The van der Waals surface area contributed by atoms with E-state index in [0.717, 1.165) is 43.8 Å². The maximum Gasteiger partial charge on any atom is 0.266 e. The predicted molar refractivity (Wildman–Crippen MR) is 261 cm³/mol. The summed E-state index contributed by atoms with van der Waals surface area (Å²) >= 11 is 6.93. The van der Waals surface area contributed by atoms with E-state index in [0.29, 0.717) is 50.7 Å². The number of unbranched alkanes of at least 4 members (excludes halogenated alkanes) is 1. The summed E-state index contributed by atoms with van der Waals surface area (Å²) in [6.07, 6.45) is 11.0. The second kappa shape index (κ2) is 28.8. The van der Waals surface area contributed by atoms with E-state index in [1.165, 1.54) is 54.5 Å². The Bertz CT molecular complexity index is 1980. The number of carbonyl (C=O) groups is 3. The number of ether oxygens (including phenoxy) is 2. The van der Waals surface area contributed by atoms with Crippen molar-refractivity contribution >= 4 is 35.0 Å². The smallest absolute Gasteiger partial charge is 0.266 e. The van der Waals surface area contributed by atoms with Gasteiger partial charge < -0.3 is 25.0 Å². The van der Waals surface area contributed by atoms with Gasteiger partial charge >= 0.3 is 0 Å². The second-order valence-electron chi connectivity index (χ2n) is 15.8. The standard InChI is InChI=1S/C31H30ClFN4O3.C8H18.C6H13NO.C4H10O.C2H6/c1-16-10-11-19-14-25(35-30(40-6)26(16)19)20-8-7-9-21(28(20)32)27-17(2)24(13-12-23(27)33)34-29(38)22-15-36(4)18(3)37(5)31(22)39;1-4-6-7-8(3)5-2;1-4-5(2)6(8)7-3;1-3-4-5-2;1-2/h7-9,12-16H,3,10-11H2,1-2,4-6H3,(H,34,38);8H,4-7H2,1-3H3;5H,4H2,1-3H3,(H,7,8);3-4H2,1-2H3;1-2H3. The average molecular weight is 895 g/mol. The summed E-state index contributed by atoms with van der Waals surface area (Å²) in [4.78, 5) is 44.1. The molecule has 1 aromatic heterocycles. The van der Waals surface area contributed by atoms with Crippen LogP contribution < -0.4 is 15.4 Å². The Kier molecular flexibility index (Phi) is 25.8. The molecule has 2 N–H and O–H groups in total. The number of methoxy groups -OCH3 is 2. The Morgan fingerprint density at radius 2 is 1.68 bits per heavy atom. The van der Waals surface area contributed by atoms with Crippen LogP contribution in [-0.4, -0.2) is 74.5 Å². The topological polar surface area (TPSA) is 113 Å². The number of aryl methyl sites for hydroxylation is 1. The van der Waals surface area contributed by atoms with Crippen LogP contribution in [0.15, 0.2) is 60.6 Å². The Labute approximate surface area is 384 Å². The number of likely N-dealkylation sites (N-methyl/N-ethyl adjacent to an activating group) is 1. The van der Waals surface area contributed by atoms with Crippen LogP contribution in [0.25, 0.3) is 22.4 Å². The molecule has 1 aliphatic heterocycles. The minimum absolute atomic E-state index is 0.0614. The molecular weight excluding hydrogens is 817 g/mol. The van der Waals surface area contributed by atoms with Crippen molar-refractivity contribution in [2.75, 3.05) is 47.3 Å². The first-order valence-corrected chi connectivity index (χ1v) is 22.9. The van der Waals surface area contributed by atoms with Crippen LogP contribution in [-0.2, 0) is 25.5 Å². The highest BCUT2D eigenvalue weighted by Crippen LogP contribution is 2.44. The molecular formula is C51H77ClFN5O5. The summed E-state index contributed by atoms with van der Waals surface area (Å²) in [5.74, 6) is 1.05. The van der Waals surface area contributed by atoms with Crippen molar-refractivity contribution in [3.8, 4) is 28.3 Å². The van der Waals surface area contributed by atoms with Gasteiger partial charge in [0.15, 0.2) is 0 Å². The third-order valence-electron chi connectivity index (χ3n) is 11.2. The summed E-state index contributed by atoms with van der Waals surface area (Å²) in [5, 5.41) is 5.68. The summed E-state index contributed by atoms with van der Waals surface area (Å²) in [6, 6.07) is 10.2. The third kappa shape index (κ3) is 15.8. The molecule has 12 heteroatoms. The van der Waals surface area contributed by atoms with Crippen LogP contribution >= 0.6 is 11.6 Å². The average Bonchev–Trinajstić information content (AvgIpc) is 3.68. The van der Waals surface area contributed by atoms with Crippen LogP contribution in [0.3, 0.4) is 0 Å². The number of nitrogens with one attached hydrogen (secondary N) is 2. The summed E-state index contributed by atoms with van der Waals surface area (Å²) in [5.41, 5.74) is 5.07. The molecule has 0 spiro atoms. The van der Waals surface area contributed by atoms with E-state index in [1.807, 2.05) is 39.8 Å². The van der Waals surface area contributed by atoms with Gasteiger partial charge in [-0.25, -0.2) is 9.37 Å². The Hall–Kier alpha value is -4.74. The highest BCUT2D eigenvalue weighted by atomic mass is 35.5. The minimum atomic E-state index is -0.611. The van der Waals surface area contributed by atoms with Gasteiger partial charge in [0, 0.05) is 74.9 Å². The molecule has 2 aliphatic rings. The number of rotatable bonds is 13. The molecule has 10 nitrogen and oxygen atoms in total. The largest absolute Gasteiger partial charge is 0.481 e. The molecule has 0 saturated heterocycles. The van der Waals surface area contributed by atoms with Crippen molar-refractivity contribution in [1.29, 1.82) is 0 Å². The number of carbonyl (C=O) groups excluding carboxylic acids is 3. The minimum Gasteiger partial charge on any atom is -0.481 e. The third-order valence-corrected chi connectivity index (χ3v) is 11.6. The molecule has 2 heterocycles. The number of aromatic nitrogens is 1. The van der Waals surface area contributed by atoms with Gasteiger partial charge in [-0.2, -0.15) is 0 Å². The quantitative estimate of drug-likeness (QED) is 0.164. The highest BCUT2D eigenvalue weighted by molar-refractivity contribution is 6.36. The Morgan fingerprint density at radius 3 is 2.21 bits per heavy atom. The van der Waals surface area contributed by atoms with Gasteiger partial charge in [0.25, 0.3) is 11.8 Å². The number of halogens is 2. The fourth-order valence-corrected chi connectivity index (χ4v) is 7.11. The number of anilines is 1. The maximum atomic E-state index is 15.4. The lowest BCUT2D eigenvalue weighted by molar-refractivity contribution is -0.128. The molecule has 5 rings (SSSR count). The van der Waals surface area contributed by atoms with E-state index in [-0.39, 0.29) is 23.0 Å². The van der Waals surface area contributed by atoms with Crippen LogP contribution in [0, 0.1) is 24.6 Å². The normalized spacial score (nSPS) is 14.7. The molecule has 0 saturated carbocycles. The van der Waals surface area contributed by atoms with Gasteiger partial charge in [-0.05, 0) is 73.8 Å². The number of fused-ring (bicyclic) bond motifs is 1. The number of nitrogens with zero attached hydrogens (tertiary/aromatic N) is 3. The SMILES string of the molecule is C=C1N(C)C=C(C(=O)Nc2ccc(F)c(-c3cccc(-c4cc5c(c(OC)n4)C(C)CC5)c3Cl)c2C)C(=O)N1C.CC.CCC(C)C(=O)NC.CCCCC(C)CC.CCCOC. The number of pyridine rings is 1. The maximum absolute atomic E-state index is 15.4. The molecule has 3 atom stereocenters. The molecule has 350 valence electrons. The molecule has 3 aromatic rings. The Morgan fingerprint density at radius 1 is 1.03 bits per heavy atom. The second-order valence-corrected chi connectivity index (χ2v) is 16.1. The lowest BCUT2D eigenvalue weighted by Gasteiger charge is -2.31. The van der Waals surface area contributed by atoms with Gasteiger partial charge in [-0.15, -0.1) is 0 Å². The van der Waals surface area contributed by atoms with E-state index in [9.17, 15) is 14.4 Å². The number of hydrogen-bond acceptors (Lipinski definition) is 7. The summed E-state index contributed by atoms with van der Waals surface area (Å²) < 4.78 is 25.7. The zero-order chi connectivity index (χ0) is 48.0. The first-order chi connectivity index (χ1) is 30.0. The van der Waals surface area contributed by atoms with E-state index in [4.69, 9.17) is 26.1 Å². The predicted octanol–water partition coefficient (Wildman–Crippen LogP) is 12.3. The van der Waals surface area contributed by atoms with Crippen molar-refractivity contribution < 1.29 is 28.2 Å². The zero-order valence-corrected chi connectivity index (χ0v) is 41.7. The van der Waals surface area contributed by atoms with Gasteiger partial charge in [0.05, 0.1) is 17.8 Å². The van der Waals surface area contributed by atoms with Crippen LogP contribution in [0.2, 0.25) is 5.02 Å². The van der Waals surface area contributed by atoms with E-state index < -0.39 is 17.6 Å². The van der Waals surface area contributed by atoms with Gasteiger partial charge in [-0.3, -0.25) is 19.3 Å². The summed E-state index contributed by atoms with van der Waals surface area (Å²) in [6.45, 7) is 25.4. The number of benzene rings is 2. The van der Waals surface area contributed by atoms with Gasteiger partial charge in [0.1, 0.15) is 17.2 Å². The molecule has 0 radical (unpaired) electrons. The molecule has 0 bridgehead atoms. The molecule has 3 amide bonds. The lowest BCUT2D eigenvalue weighted by Crippen LogP contribution is -2.41. The highest BCUT2D eigenvalue weighted by Gasteiger charge is 2.30. The monoisotopic (exact) mass is 894 g/mol. The molecule has 63 heavy (non-hydrogen) atoms. The fourth-order valence-electron chi connectivity index (χ4n) is 6.79. The van der Waals surface area contributed by atoms with Crippen molar-refractivity contribution in [3.05, 3.63) is 88.1 Å².